The third-order valence-electron chi connectivity index (χ3n) is 4.24. The Labute approximate surface area is 165 Å². The molecule has 1 saturated carbocycles. The van der Waals surface area contributed by atoms with Gasteiger partial charge in [0.25, 0.3) is 5.91 Å². The number of nitrogens with one attached hydrogen (secondary N) is 2. The van der Waals surface area contributed by atoms with E-state index >= 15 is 0 Å². The number of thiophene rings is 1. The highest BCUT2D eigenvalue weighted by atomic mass is 35.5. The first-order valence-electron chi connectivity index (χ1n) is 8.48. The number of halogens is 1. The number of amides is 2. The molecule has 1 aromatic heterocycles. The Bertz CT molecular complexity index is 888. The van der Waals surface area contributed by atoms with Gasteiger partial charge in [-0.1, -0.05) is 11.6 Å². The Morgan fingerprint density at radius 3 is 2.44 bits per heavy atom. The Hall–Kier alpha value is -2.38. The molecule has 6 nitrogen and oxygen atoms in total. The van der Waals surface area contributed by atoms with Crippen LogP contribution >= 0.6 is 22.9 Å². The van der Waals surface area contributed by atoms with Gasteiger partial charge in [-0.05, 0) is 56.5 Å². The van der Waals surface area contributed by atoms with Gasteiger partial charge >= 0.3 is 5.97 Å². The van der Waals surface area contributed by atoms with Crippen LogP contribution in [0.3, 0.4) is 0 Å². The minimum absolute atomic E-state index is 0.0294. The van der Waals surface area contributed by atoms with E-state index in [1.54, 1.807) is 31.2 Å². The monoisotopic (exact) mass is 406 g/mol. The number of aryl methyl sites for hydroxylation is 1. The van der Waals surface area contributed by atoms with Crippen LogP contribution in [0.5, 0.6) is 0 Å². The lowest BCUT2D eigenvalue weighted by Gasteiger charge is -2.09. The lowest BCUT2D eigenvalue weighted by Crippen LogP contribution is -2.22. The second kappa shape index (κ2) is 8.10. The van der Waals surface area contributed by atoms with Crippen LogP contribution in [0.4, 0.5) is 10.7 Å². The van der Waals surface area contributed by atoms with Crippen molar-refractivity contribution in [3.63, 3.8) is 0 Å². The molecule has 0 aliphatic heterocycles. The Kier molecular flexibility index (Phi) is 5.82. The van der Waals surface area contributed by atoms with Crippen LogP contribution < -0.4 is 10.6 Å². The van der Waals surface area contributed by atoms with Gasteiger partial charge in [0.05, 0.1) is 5.56 Å². The molecule has 0 bridgehead atoms. The van der Waals surface area contributed by atoms with Gasteiger partial charge < -0.3 is 15.4 Å². The van der Waals surface area contributed by atoms with E-state index in [1.165, 1.54) is 11.3 Å². The summed E-state index contributed by atoms with van der Waals surface area (Å²) in [5, 5.41) is 6.47. The standard InChI is InChI=1S/C19H19ClN2O4S/c1-10-11(2)27-18(22-17(24)12-3-4-12)16(10)19(25)26-9-15(23)21-14-7-5-13(20)6-8-14/h5-8,12H,3-4,9H2,1-2H3,(H,21,23)(H,22,24). The lowest BCUT2D eigenvalue weighted by atomic mass is 10.1. The Morgan fingerprint density at radius 2 is 1.81 bits per heavy atom. The van der Waals surface area contributed by atoms with Crippen LogP contribution in [0, 0.1) is 19.8 Å². The van der Waals surface area contributed by atoms with Crippen LogP contribution in [-0.2, 0) is 14.3 Å². The van der Waals surface area contributed by atoms with Gasteiger partial charge in [-0.2, -0.15) is 0 Å². The minimum atomic E-state index is -0.630. The summed E-state index contributed by atoms with van der Waals surface area (Å²) in [6, 6.07) is 6.60. The first-order valence-corrected chi connectivity index (χ1v) is 9.68. The number of ether oxygens (including phenoxy) is 1. The third kappa shape index (κ3) is 4.87. The summed E-state index contributed by atoms with van der Waals surface area (Å²) in [7, 11) is 0. The van der Waals surface area contributed by atoms with Gasteiger partial charge in [-0.3, -0.25) is 9.59 Å². The maximum atomic E-state index is 12.5. The van der Waals surface area contributed by atoms with Crippen molar-refractivity contribution in [2.45, 2.75) is 26.7 Å². The van der Waals surface area contributed by atoms with Crippen molar-refractivity contribution in [2.24, 2.45) is 5.92 Å². The molecule has 0 atom stereocenters. The zero-order valence-electron chi connectivity index (χ0n) is 14.9. The zero-order chi connectivity index (χ0) is 19.6. The van der Waals surface area contributed by atoms with Crippen molar-refractivity contribution in [3.05, 3.63) is 45.3 Å². The normalized spacial score (nSPS) is 13.1. The van der Waals surface area contributed by atoms with E-state index in [4.69, 9.17) is 16.3 Å². The van der Waals surface area contributed by atoms with Crippen molar-refractivity contribution in [1.82, 2.24) is 0 Å². The maximum Gasteiger partial charge on any atom is 0.341 e. The Morgan fingerprint density at radius 1 is 1.15 bits per heavy atom. The van der Waals surface area contributed by atoms with Gasteiger partial charge in [-0.15, -0.1) is 11.3 Å². The molecule has 0 saturated heterocycles. The van der Waals surface area contributed by atoms with Crippen LogP contribution in [0.25, 0.3) is 0 Å². The van der Waals surface area contributed by atoms with Gasteiger partial charge in [0.15, 0.2) is 6.61 Å². The summed E-state index contributed by atoms with van der Waals surface area (Å²) in [6.45, 7) is 3.24. The summed E-state index contributed by atoms with van der Waals surface area (Å²) in [5.74, 6) is -1.14. The van der Waals surface area contributed by atoms with Crippen molar-refractivity contribution in [2.75, 3.05) is 17.2 Å². The molecule has 1 aliphatic rings. The molecule has 1 aromatic carbocycles. The lowest BCUT2D eigenvalue weighted by molar-refractivity contribution is -0.119. The summed E-state index contributed by atoms with van der Waals surface area (Å²) >= 11 is 7.13. The highest BCUT2D eigenvalue weighted by Gasteiger charge is 2.31. The smallest absolute Gasteiger partial charge is 0.341 e. The molecule has 1 aliphatic carbocycles. The average Bonchev–Trinajstić information content (AvgIpc) is 3.43. The number of hydrogen-bond acceptors (Lipinski definition) is 5. The number of rotatable bonds is 6. The summed E-state index contributed by atoms with van der Waals surface area (Å²) in [5.41, 5.74) is 1.61. The van der Waals surface area contributed by atoms with Crippen molar-refractivity contribution < 1.29 is 19.1 Å². The number of anilines is 2. The fourth-order valence-electron chi connectivity index (χ4n) is 2.45. The molecule has 0 unspecified atom stereocenters. The van der Waals surface area contributed by atoms with Crippen molar-refractivity contribution in [1.29, 1.82) is 0 Å². The molecule has 1 heterocycles. The molecule has 27 heavy (non-hydrogen) atoms. The van der Waals surface area contributed by atoms with Gasteiger partial charge in [0, 0.05) is 21.5 Å². The van der Waals surface area contributed by atoms with Gasteiger partial charge in [-0.25, -0.2) is 4.79 Å². The third-order valence-corrected chi connectivity index (χ3v) is 5.61. The summed E-state index contributed by atoms with van der Waals surface area (Å²) < 4.78 is 5.16. The number of carbonyl (C=O) groups is 3. The second-order valence-corrected chi connectivity index (χ2v) is 8.04. The largest absolute Gasteiger partial charge is 0.452 e. The van der Waals surface area contributed by atoms with Crippen molar-refractivity contribution in [3.8, 4) is 0 Å². The molecule has 2 N–H and O–H groups in total. The van der Waals surface area contributed by atoms with Gasteiger partial charge in [0.1, 0.15) is 5.00 Å². The molecular formula is C19H19ClN2O4S. The van der Waals surface area contributed by atoms with Crippen LogP contribution in [-0.4, -0.2) is 24.4 Å². The quantitative estimate of drug-likeness (QED) is 0.705. The molecule has 0 spiro atoms. The predicted molar refractivity (Wildman–Crippen MR) is 106 cm³/mol. The fraction of sp³-hybridized carbons (Fsp3) is 0.316. The fourth-order valence-corrected chi connectivity index (χ4v) is 3.63. The molecule has 8 heteroatoms. The maximum absolute atomic E-state index is 12.5. The number of carbonyl (C=O) groups excluding carboxylic acids is 3. The highest BCUT2D eigenvalue weighted by Crippen LogP contribution is 2.36. The summed E-state index contributed by atoms with van der Waals surface area (Å²) in [6.07, 6.45) is 1.75. The Balaban J connectivity index is 1.62. The molecule has 2 amide bonds. The first kappa shape index (κ1) is 19.4. The van der Waals surface area contributed by atoms with Crippen LogP contribution in [0.1, 0.15) is 33.6 Å². The van der Waals surface area contributed by atoms with Crippen molar-refractivity contribution >= 4 is 51.4 Å². The topological polar surface area (TPSA) is 84.5 Å². The molecule has 2 aromatic rings. The molecule has 3 rings (SSSR count). The SMILES string of the molecule is Cc1sc(NC(=O)C2CC2)c(C(=O)OCC(=O)Nc2ccc(Cl)cc2)c1C. The predicted octanol–water partition coefficient (Wildman–Crippen LogP) is 4.16. The number of hydrogen-bond donors (Lipinski definition) is 2. The van der Waals surface area contributed by atoms with E-state index in [2.05, 4.69) is 10.6 Å². The van der Waals surface area contributed by atoms with Crippen LogP contribution in [0.15, 0.2) is 24.3 Å². The molecule has 1 fully saturated rings. The van der Waals surface area contributed by atoms with E-state index in [0.717, 1.165) is 23.3 Å². The van der Waals surface area contributed by atoms with E-state index in [0.29, 0.717) is 21.3 Å². The van der Waals surface area contributed by atoms with E-state index in [9.17, 15) is 14.4 Å². The average molecular weight is 407 g/mol. The number of esters is 1. The van der Waals surface area contributed by atoms with E-state index < -0.39 is 18.5 Å². The van der Waals surface area contributed by atoms with Gasteiger partial charge in [0.2, 0.25) is 5.91 Å². The first-order chi connectivity index (χ1) is 12.8. The molecular weight excluding hydrogens is 388 g/mol. The molecule has 142 valence electrons. The number of benzene rings is 1. The van der Waals surface area contributed by atoms with E-state index in [-0.39, 0.29) is 11.8 Å². The van der Waals surface area contributed by atoms with E-state index in [1.807, 2.05) is 6.92 Å². The highest BCUT2D eigenvalue weighted by molar-refractivity contribution is 7.16. The minimum Gasteiger partial charge on any atom is -0.452 e. The summed E-state index contributed by atoms with van der Waals surface area (Å²) in [4.78, 5) is 37.4. The second-order valence-electron chi connectivity index (χ2n) is 6.38. The molecule has 0 radical (unpaired) electrons. The van der Waals surface area contributed by atoms with Crippen LogP contribution in [0.2, 0.25) is 5.02 Å². The zero-order valence-corrected chi connectivity index (χ0v) is 16.5.